The van der Waals surface area contributed by atoms with Gasteiger partial charge in [-0.3, -0.25) is 4.79 Å². The molecule has 0 bridgehead atoms. The van der Waals surface area contributed by atoms with Crippen molar-refractivity contribution >= 4 is 48.8 Å². The van der Waals surface area contributed by atoms with Crippen LogP contribution in [0.2, 0.25) is 0 Å². The first-order valence-electron chi connectivity index (χ1n) is 6.62. The number of sulfone groups is 1. The third-order valence-electron chi connectivity index (χ3n) is 3.60. The fourth-order valence-corrected chi connectivity index (χ4v) is 5.10. The van der Waals surface area contributed by atoms with Gasteiger partial charge in [-0.05, 0) is 36.1 Å². The molecule has 1 fully saturated rings. The van der Waals surface area contributed by atoms with Crippen molar-refractivity contribution in [3.63, 3.8) is 0 Å². The van der Waals surface area contributed by atoms with Crippen LogP contribution >= 0.6 is 11.3 Å². The lowest BCUT2D eigenvalue weighted by molar-refractivity contribution is -0.119. The Bertz CT molecular complexity index is 868. The molecule has 0 aliphatic carbocycles. The molecular weight excluding hydrogens is 326 g/mol. The quantitative estimate of drug-likeness (QED) is 0.890. The normalized spacial score (nSPS) is 20.1. The molecule has 1 amide bonds. The molecule has 116 valence electrons. The zero-order valence-corrected chi connectivity index (χ0v) is 13.0. The SMILES string of the molecule is O=C(O)c1cc2cc(NC(=O)[C@@H]3CCS(=O)(=O)C3)ccc2s1. The number of fused-ring (bicyclic) bond motifs is 1. The largest absolute Gasteiger partial charge is 0.477 e. The van der Waals surface area contributed by atoms with Gasteiger partial charge in [0.05, 0.1) is 17.4 Å². The third kappa shape index (κ3) is 2.97. The molecule has 0 unspecified atom stereocenters. The van der Waals surface area contributed by atoms with Gasteiger partial charge in [0, 0.05) is 10.4 Å². The predicted molar refractivity (Wildman–Crippen MR) is 84.2 cm³/mol. The van der Waals surface area contributed by atoms with Gasteiger partial charge in [-0.2, -0.15) is 0 Å². The van der Waals surface area contributed by atoms with E-state index in [1.807, 2.05) is 0 Å². The molecule has 3 rings (SSSR count). The molecule has 2 aromatic rings. The summed E-state index contributed by atoms with van der Waals surface area (Å²) < 4.78 is 23.6. The van der Waals surface area contributed by atoms with Crippen molar-refractivity contribution in [2.45, 2.75) is 6.42 Å². The van der Waals surface area contributed by atoms with Crippen LogP contribution in [0.5, 0.6) is 0 Å². The van der Waals surface area contributed by atoms with Gasteiger partial charge in [-0.15, -0.1) is 11.3 Å². The lowest BCUT2D eigenvalue weighted by Gasteiger charge is -2.09. The number of hydrogen-bond donors (Lipinski definition) is 2. The van der Waals surface area contributed by atoms with Gasteiger partial charge in [-0.25, -0.2) is 13.2 Å². The fraction of sp³-hybridized carbons (Fsp3) is 0.286. The van der Waals surface area contributed by atoms with Gasteiger partial charge in [0.2, 0.25) is 5.91 Å². The van der Waals surface area contributed by atoms with Crippen LogP contribution in [-0.2, 0) is 14.6 Å². The lowest BCUT2D eigenvalue weighted by atomic mass is 10.1. The van der Waals surface area contributed by atoms with Crippen molar-refractivity contribution in [3.05, 3.63) is 29.1 Å². The monoisotopic (exact) mass is 339 g/mol. The summed E-state index contributed by atoms with van der Waals surface area (Å²) in [6.07, 6.45) is 0.345. The molecular formula is C14H13NO5S2. The van der Waals surface area contributed by atoms with E-state index in [9.17, 15) is 18.0 Å². The minimum atomic E-state index is -3.10. The number of carboxylic acids is 1. The van der Waals surface area contributed by atoms with Gasteiger partial charge in [0.1, 0.15) is 4.88 Å². The maximum Gasteiger partial charge on any atom is 0.345 e. The van der Waals surface area contributed by atoms with Crippen LogP contribution in [0.4, 0.5) is 5.69 Å². The summed E-state index contributed by atoms with van der Waals surface area (Å²) in [6, 6.07) is 6.68. The second-order valence-corrected chi connectivity index (χ2v) is 8.57. The Morgan fingerprint density at radius 3 is 2.68 bits per heavy atom. The Morgan fingerprint density at radius 1 is 1.27 bits per heavy atom. The second kappa shape index (κ2) is 5.36. The summed E-state index contributed by atoms with van der Waals surface area (Å²) in [5.41, 5.74) is 0.538. The van der Waals surface area contributed by atoms with Crippen molar-refractivity contribution in [2.75, 3.05) is 16.8 Å². The first kappa shape index (κ1) is 15.0. The number of carbonyl (C=O) groups is 2. The number of anilines is 1. The molecule has 0 spiro atoms. The number of benzene rings is 1. The van der Waals surface area contributed by atoms with Crippen LogP contribution in [0.15, 0.2) is 24.3 Å². The van der Waals surface area contributed by atoms with Crippen molar-refractivity contribution in [3.8, 4) is 0 Å². The average molecular weight is 339 g/mol. The Labute approximate surface area is 130 Å². The number of rotatable bonds is 3. The van der Waals surface area contributed by atoms with Gasteiger partial charge in [-0.1, -0.05) is 0 Å². The molecule has 8 heteroatoms. The van der Waals surface area contributed by atoms with Gasteiger partial charge < -0.3 is 10.4 Å². The van der Waals surface area contributed by atoms with Gasteiger partial charge in [0.15, 0.2) is 9.84 Å². The molecule has 1 saturated heterocycles. The molecule has 6 nitrogen and oxygen atoms in total. The van der Waals surface area contributed by atoms with E-state index >= 15 is 0 Å². The lowest BCUT2D eigenvalue weighted by Crippen LogP contribution is -2.23. The number of aromatic carboxylic acids is 1. The van der Waals surface area contributed by atoms with Crippen molar-refractivity contribution < 1.29 is 23.1 Å². The van der Waals surface area contributed by atoms with Crippen LogP contribution < -0.4 is 5.32 Å². The van der Waals surface area contributed by atoms with E-state index in [4.69, 9.17) is 5.11 Å². The van der Waals surface area contributed by atoms with Crippen LogP contribution in [0.1, 0.15) is 16.1 Å². The Kier molecular flexibility index (Phi) is 3.65. The maximum absolute atomic E-state index is 12.1. The van der Waals surface area contributed by atoms with E-state index in [2.05, 4.69) is 5.32 Å². The molecule has 1 aliphatic rings. The summed E-state index contributed by atoms with van der Waals surface area (Å²) >= 11 is 1.17. The highest BCUT2D eigenvalue weighted by atomic mass is 32.2. The van der Waals surface area contributed by atoms with E-state index in [0.29, 0.717) is 12.1 Å². The number of thiophene rings is 1. The fourth-order valence-electron chi connectivity index (χ4n) is 2.47. The molecule has 1 aromatic heterocycles. The number of carbonyl (C=O) groups excluding carboxylic acids is 1. The second-order valence-electron chi connectivity index (χ2n) is 5.26. The Balaban J connectivity index is 1.79. The number of carboxylic acid groups (broad SMARTS) is 1. The van der Waals surface area contributed by atoms with E-state index < -0.39 is 21.7 Å². The molecule has 2 N–H and O–H groups in total. The van der Waals surface area contributed by atoms with E-state index in [-0.39, 0.29) is 22.3 Å². The summed E-state index contributed by atoms with van der Waals surface area (Å²) in [6.45, 7) is 0. The smallest absolute Gasteiger partial charge is 0.345 e. The van der Waals surface area contributed by atoms with Crippen LogP contribution in [0.25, 0.3) is 10.1 Å². The minimum absolute atomic E-state index is 0.0522. The van der Waals surface area contributed by atoms with Gasteiger partial charge >= 0.3 is 5.97 Å². The van der Waals surface area contributed by atoms with Crippen LogP contribution in [-0.4, -0.2) is 36.9 Å². The first-order valence-corrected chi connectivity index (χ1v) is 9.26. The van der Waals surface area contributed by atoms with Crippen molar-refractivity contribution in [1.82, 2.24) is 0 Å². The first-order chi connectivity index (χ1) is 10.3. The third-order valence-corrected chi connectivity index (χ3v) is 6.47. The van der Waals surface area contributed by atoms with E-state index in [1.54, 1.807) is 24.3 Å². The van der Waals surface area contributed by atoms with Gasteiger partial charge in [0.25, 0.3) is 0 Å². The highest BCUT2D eigenvalue weighted by Crippen LogP contribution is 2.29. The topological polar surface area (TPSA) is 101 Å². The summed E-state index contributed by atoms with van der Waals surface area (Å²) in [4.78, 5) is 23.3. The average Bonchev–Trinajstić information content (AvgIpc) is 3.01. The van der Waals surface area contributed by atoms with Crippen molar-refractivity contribution in [1.29, 1.82) is 0 Å². The maximum atomic E-state index is 12.1. The molecule has 1 atom stereocenters. The standard InChI is InChI=1S/C14H13NO5S2/c16-13(8-3-4-22(19,20)7-8)15-10-1-2-11-9(5-10)6-12(21-11)14(17)18/h1-2,5-6,8H,3-4,7H2,(H,15,16)(H,17,18)/t8-/m1/s1. The number of nitrogens with one attached hydrogen (secondary N) is 1. The van der Waals surface area contributed by atoms with Crippen LogP contribution in [0.3, 0.4) is 0 Å². The molecule has 22 heavy (non-hydrogen) atoms. The molecule has 2 heterocycles. The zero-order valence-electron chi connectivity index (χ0n) is 11.4. The van der Waals surface area contributed by atoms with E-state index in [1.165, 1.54) is 11.3 Å². The number of amides is 1. The summed E-state index contributed by atoms with van der Waals surface area (Å²) in [5, 5.41) is 12.4. The molecule has 0 radical (unpaired) electrons. The Morgan fingerprint density at radius 2 is 2.05 bits per heavy atom. The Hall–Kier alpha value is -1.93. The minimum Gasteiger partial charge on any atom is -0.477 e. The highest BCUT2D eigenvalue weighted by Gasteiger charge is 2.32. The van der Waals surface area contributed by atoms with E-state index in [0.717, 1.165) is 10.1 Å². The zero-order chi connectivity index (χ0) is 15.9. The molecule has 1 aromatic carbocycles. The highest BCUT2D eigenvalue weighted by molar-refractivity contribution is 7.91. The van der Waals surface area contributed by atoms with Crippen molar-refractivity contribution in [2.24, 2.45) is 5.92 Å². The summed E-state index contributed by atoms with van der Waals surface area (Å²) in [5.74, 6) is -1.87. The summed E-state index contributed by atoms with van der Waals surface area (Å²) in [7, 11) is -3.10. The number of hydrogen-bond acceptors (Lipinski definition) is 5. The predicted octanol–water partition coefficient (Wildman–Crippen LogP) is 1.97. The molecule has 1 aliphatic heterocycles. The van der Waals surface area contributed by atoms with Crippen LogP contribution in [0, 0.1) is 5.92 Å². The molecule has 0 saturated carbocycles.